The predicted octanol–water partition coefficient (Wildman–Crippen LogP) is 9.51. The topological polar surface area (TPSA) is 22.1 Å². The second-order valence-corrected chi connectivity index (χ2v) is 9.41. The molecule has 1 unspecified atom stereocenters. The SMILES string of the molecule is CCCCCCCCCc1ccc(-c2ccc(OCC(F)CCCCCCCC)cn2)cc1. The summed E-state index contributed by atoms with van der Waals surface area (Å²) in [4.78, 5) is 4.52. The molecule has 2 aromatic rings. The molecule has 1 heterocycles. The smallest absolute Gasteiger partial charge is 0.137 e. The summed E-state index contributed by atoms with van der Waals surface area (Å²) in [6.07, 6.45) is 19.0. The van der Waals surface area contributed by atoms with Crippen LogP contribution in [0.25, 0.3) is 11.3 Å². The second kappa shape index (κ2) is 17.6. The molecule has 0 radical (unpaired) electrons. The lowest BCUT2D eigenvalue weighted by molar-refractivity contribution is 0.183. The van der Waals surface area contributed by atoms with E-state index in [9.17, 15) is 4.39 Å². The van der Waals surface area contributed by atoms with Crippen molar-refractivity contribution in [2.24, 2.45) is 0 Å². The van der Waals surface area contributed by atoms with Crippen molar-refractivity contribution in [1.82, 2.24) is 4.98 Å². The van der Waals surface area contributed by atoms with Crippen molar-refractivity contribution >= 4 is 0 Å². The first-order valence-electron chi connectivity index (χ1n) is 13.5. The maximum Gasteiger partial charge on any atom is 0.137 e. The zero-order valence-electron chi connectivity index (χ0n) is 21.2. The standard InChI is InChI=1S/C30H46FNO/c1-3-5-7-9-11-12-14-16-26-18-20-27(21-19-26)30-23-22-29(24-32-30)33-25-28(31)17-15-13-10-8-6-4-2/h18-24,28H,3-17,25H2,1-2H3. The van der Waals surface area contributed by atoms with E-state index in [4.69, 9.17) is 4.74 Å². The molecule has 33 heavy (non-hydrogen) atoms. The number of unbranched alkanes of at least 4 members (excludes halogenated alkanes) is 11. The van der Waals surface area contributed by atoms with Gasteiger partial charge in [-0.15, -0.1) is 0 Å². The Bertz CT molecular complexity index is 713. The highest BCUT2D eigenvalue weighted by Gasteiger charge is 2.08. The number of benzene rings is 1. The molecule has 0 N–H and O–H groups in total. The summed E-state index contributed by atoms with van der Waals surface area (Å²) in [5.41, 5.74) is 3.43. The van der Waals surface area contributed by atoms with Crippen LogP contribution in [0.2, 0.25) is 0 Å². The van der Waals surface area contributed by atoms with Gasteiger partial charge in [0.25, 0.3) is 0 Å². The second-order valence-electron chi connectivity index (χ2n) is 9.41. The van der Waals surface area contributed by atoms with E-state index >= 15 is 0 Å². The Hall–Kier alpha value is -1.90. The van der Waals surface area contributed by atoms with Gasteiger partial charge in [-0.25, -0.2) is 4.39 Å². The number of aryl methyl sites for hydroxylation is 1. The zero-order valence-corrected chi connectivity index (χ0v) is 21.2. The van der Waals surface area contributed by atoms with E-state index in [1.807, 2.05) is 12.1 Å². The minimum atomic E-state index is -0.903. The third kappa shape index (κ3) is 12.2. The minimum absolute atomic E-state index is 0.114. The third-order valence-corrected chi connectivity index (χ3v) is 6.36. The molecule has 0 saturated carbocycles. The van der Waals surface area contributed by atoms with Gasteiger partial charge in [0.2, 0.25) is 0 Å². The van der Waals surface area contributed by atoms with Gasteiger partial charge in [-0.1, -0.05) is 115 Å². The summed E-state index contributed by atoms with van der Waals surface area (Å²) in [5, 5.41) is 0. The molecule has 184 valence electrons. The van der Waals surface area contributed by atoms with Crippen molar-refractivity contribution in [1.29, 1.82) is 0 Å². The van der Waals surface area contributed by atoms with Crippen LogP contribution < -0.4 is 4.74 Å². The first kappa shape index (κ1) is 27.3. The lowest BCUT2D eigenvalue weighted by atomic mass is 10.0. The van der Waals surface area contributed by atoms with Crippen molar-refractivity contribution in [2.45, 2.75) is 116 Å². The molecule has 0 aliphatic carbocycles. The maximum atomic E-state index is 14.1. The van der Waals surface area contributed by atoms with Crippen LogP contribution in [0.3, 0.4) is 0 Å². The summed E-state index contributed by atoms with van der Waals surface area (Å²) in [6, 6.07) is 12.6. The summed E-state index contributed by atoms with van der Waals surface area (Å²) in [5.74, 6) is 0.639. The van der Waals surface area contributed by atoms with Crippen LogP contribution in [0.4, 0.5) is 4.39 Å². The van der Waals surface area contributed by atoms with E-state index in [-0.39, 0.29) is 6.61 Å². The number of aromatic nitrogens is 1. The van der Waals surface area contributed by atoms with Crippen LogP contribution in [-0.4, -0.2) is 17.8 Å². The number of ether oxygens (including phenoxy) is 1. The molecule has 2 nitrogen and oxygen atoms in total. The molecule has 0 spiro atoms. The van der Waals surface area contributed by atoms with Gasteiger partial charge in [0.05, 0.1) is 11.9 Å². The number of nitrogens with zero attached hydrogens (tertiary/aromatic N) is 1. The number of hydrogen-bond acceptors (Lipinski definition) is 2. The molecule has 0 fully saturated rings. The Kier molecular flexibility index (Phi) is 14.6. The molecular formula is C30H46FNO. The average Bonchev–Trinajstić information content (AvgIpc) is 2.85. The van der Waals surface area contributed by atoms with Gasteiger partial charge in [0, 0.05) is 5.56 Å². The monoisotopic (exact) mass is 455 g/mol. The fourth-order valence-corrected chi connectivity index (χ4v) is 4.18. The van der Waals surface area contributed by atoms with Gasteiger partial charge in [-0.05, 0) is 37.0 Å². The molecule has 2 rings (SSSR count). The van der Waals surface area contributed by atoms with Crippen LogP contribution in [-0.2, 0) is 6.42 Å². The van der Waals surface area contributed by atoms with Crippen LogP contribution in [0.1, 0.15) is 109 Å². The zero-order chi connectivity index (χ0) is 23.6. The quantitative estimate of drug-likeness (QED) is 0.197. The largest absolute Gasteiger partial charge is 0.489 e. The number of pyridine rings is 1. The molecule has 1 aromatic heterocycles. The number of alkyl halides is 1. The molecule has 0 bridgehead atoms. The minimum Gasteiger partial charge on any atom is -0.489 e. The first-order chi connectivity index (χ1) is 16.2. The van der Waals surface area contributed by atoms with Crippen molar-refractivity contribution in [3.05, 3.63) is 48.2 Å². The first-order valence-corrected chi connectivity index (χ1v) is 13.5. The summed E-state index contributed by atoms with van der Waals surface area (Å²) < 4.78 is 19.7. The van der Waals surface area contributed by atoms with Gasteiger partial charge in [-0.3, -0.25) is 4.98 Å². The summed E-state index contributed by atoms with van der Waals surface area (Å²) >= 11 is 0. The third-order valence-electron chi connectivity index (χ3n) is 6.36. The molecule has 3 heteroatoms. The normalized spacial score (nSPS) is 12.1. The van der Waals surface area contributed by atoms with Gasteiger partial charge in [-0.2, -0.15) is 0 Å². The van der Waals surface area contributed by atoms with E-state index in [1.54, 1.807) is 6.20 Å². The average molecular weight is 456 g/mol. The Labute approximate surface area is 202 Å². The molecule has 0 amide bonds. The number of rotatable bonds is 19. The van der Waals surface area contributed by atoms with Crippen LogP contribution in [0, 0.1) is 0 Å². The lowest BCUT2D eigenvalue weighted by Crippen LogP contribution is -2.12. The van der Waals surface area contributed by atoms with Crippen molar-refractivity contribution < 1.29 is 9.13 Å². The van der Waals surface area contributed by atoms with E-state index in [1.165, 1.54) is 76.2 Å². The van der Waals surface area contributed by atoms with E-state index < -0.39 is 6.17 Å². The Morgan fingerprint density at radius 2 is 1.33 bits per heavy atom. The van der Waals surface area contributed by atoms with Gasteiger partial charge in [0.1, 0.15) is 18.5 Å². The van der Waals surface area contributed by atoms with Crippen molar-refractivity contribution in [2.75, 3.05) is 6.61 Å². The number of halogens is 1. The molecular weight excluding hydrogens is 409 g/mol. The van der Waals surface area contributed by atoms with Gasteiger partial charge in [0.15, 0.2) is 0 Å². The molecule has 1 atom stereocenters. The van der Waals surface area contributed by atoms with Crippen LogP contribution in [0.5, 0.6) is 5.75 Å². The summed E-state index contributed by atoms with van der Waals surface area (Å²) in [6.45, 7) is 4.59. The van der Waals surface area contributed by atoms with Gasteiger partial charge < -0.3 is 4.74 Å². The molecule has 0 aliphatic heterocycles. The van der Waals surface area contributed by atoms with Gasteiger partial charge >= 0.3 is 0 Å². The maximum absolute atomic E-state index is 14.1. The van der Waals surface area contributed by atoms with E-state index in [0.717, 1.165) is 30.5 Å². The van der Waals surface area contributed by atoms with E-state index in [0.29, 0.717) is 12.2 Å². The molecule has 0 saturated heterocycles. The predicted molar refractivity (Wildman–Crippen MR) is 140 cm³/mol. The highest BCUT2D eigenvalue weighted by atomic mass is 19.1. The van der Waals surface area contributed by atoms with Crippen LogP contribution in [0.15, 0.2) is 42.6 Å². The fraction of sp³-hybridized carbons (Fsp3) is 0.633. The lowest BCUT2D eigenvalue weighted by Gasteiger charge is -2.11. The Balaban J connectivity index is 1.65. The Morgan fingerprint density at radius 1 is 0.727 bits per heavy atom. The highest BCUT2D eigenvalue weighted by molar-refractivity contribution is 5.59. The fourth-order valence-electron chi connectivity index (χ4n) is 4.18. The van der Waals surface area contributed by atoms with Crippen molar-refractivity contribution in [3.63, 3.8) is 0 Å². The number of hydrogen-bond donors (Lipinski definition) is 0. The van der Waals surface area contributed by atoms with Crippen LogP contribution >= 0.6 is 0 Å². The summed E-state index contributed by atoms with van der Waals surface area (Å²) in [7, 11) is 0. The Morgan fingerprint density at radius 3 is 1.94 bits per heavy atom. The highest BCUT2D eigenvalue weighted by Crippen LogP contribution is 2.21. The molecule has 0 aliphatic rings. The van der Waals surface area contributed by atoms with E-state index in [2.05, 4.69) is 43.1 Å². The van der Waals surface area contributed by atoms with Crippen molar-refractivity contribution in [3.8, 4) is 17.0 Å². The molecule has 1 aromatic carbocycles.